The van der Waals surface area contributed by atoms with Crippen molar-refractivity contribution in [1.29, 1.82) is 0 Å². The molecule has 0 fully saturated rings. The van der Waals surface area contributed by atoms with E-state index in [1.165, 1.54) is 0 Å². The number of anilines is 1. The van der Waals surface area contributed by atoms with Gasteiger partial charge in [0.1, 0.15) is 0 Å². The smallest absolute Gasteiger partial charge is 0.319 e. The zero-order chi connectivity index (χ0) is 23.9. The number of carbonyl (C=O) groups is 2. The number of rotatable bonds is 7. The van der Waals surface area contributed by atoms with E-state index in [1.807, 2.05) is 74.5 Å². The van der Waals surface area contributed by atoms with Crippen LogP contribution < -0.4 is 16.0 Å². The molecule has 0 aliphatic rings. The first-order valence-electron chi connectivity index (χ1n) is 11.0. The molecule has 3 N–H and O–H groups in total. The van der Waals surface area contributed by atoms with Crippen molar-refractivity contribution in [1.82, 2.24) is 15.6 Å². The van der Waals surface area contributed by atoms with Gasteiger partial charge in [-0.15, -0.1) is 0 Å². The van der Waals surface area contributed by atoms with Crippen molar-refractivity contribution in [3.63, 3.8) is 0 Å². The lowest BCUT2D eigenvalue weighted by atomic mass is 10.1. The number of aromatic nitrogens is 1. The number of nitrogens with zero attached hydrogens (tertiary/aromatic N) is 1. The highest BCUT2D eigenvalue weighted by molar-refractivity contribution is 6.00. The second-order valence-electron chi connectivity index (χ2n) is 8.07. The fourth-order valence-corrected chi connectivity index (χ4v) is 3.41. The lowest BCUT2D eigenvalue weighted by Crippen LogP contribution is -2.34. The molecule has 0 radical (unpaired) electrons. The summed E-state index contributed by atoms with van der Waals surface area (Å²) in [5.74, 6) is 0.801. The Kier molecular flexibility index (Phi) is 7.03. The predicted molar refractivity (Wildman–Crippen MR) is 132 cm³/mol. The maximum atomic E-state index is 13.0. The van der Waals surface area contributed by atoms with Gasteiger partial charge in [0.05, 0.1) is 11.8 Å². The first-order valence-corrected chi connectivity index (χ1v) is 11.0. The zero-order valence-electron chi connectivity index (χ0n) is 19.0. The summed E-state index contributed by atoms with van der Waals surface area (Å²) in [6.07, 6.45) is 1.66. The number of carbonyl (C=O) groups excluding carboxylic acids is 2. The second kappa shape index (κ2) is 10.5. The number of amides is 3. The molecule has 0 aliphatic heterocycles. The SMILES string of the molecule is CC(C)NC(=O)Nc1ccc(CNC(=O)c2ccccc2-c2ncc(-c3ccccc3)o2)cc1. The lowest BCUT2D eigenvalue weighted by Gasteiger charge is -2.11. The van der Waals surface area contributed by atoms with Gasteiger partial charge in [0.2, 0.25) is 5.89 Å². The molecular formula is C27H26N4O3. The molecule has 1 heterocycles. The lowest BCUT2D eigenvalue weighted by molar-refractivity contribution is 0.0951. The highest BCUT2D eigenvalue weighted by Gasteiger charge is 2.17. The van der Waals surface area contributed by atoms with Crippen LogP contribution in [0.5, 0.6) is 0 Å². The summed E-state index contributed by atoms with van der Waals surface area (Å²) in [7, 11) is 0. The van der Waals surface area contributed by atoms with Crippen molar-refractivity contribution >= 4 is 17.6 Å². The van der Waals surface area contributed by atoms with Gasteiger partial charge < -0.3 is 20.4 Å². The van der Waals surface area contributed by atoms with Crippen LogP contribution in [0.2, 0.25) is 0 Å². The third-order valence-corrected chi connectivity index (χ3v) is 5.05. The van der Waals surface area contributed by atoms with E-state index in [0.29, 0.717) is 35.0 Å². The summed E-state index contributed by atoms with van der Waals surface area (Å²) in [6, 6.07) is 24.0. The fraction of sp³-hybridized carbons (Fsp3) is 0.148. The molecule has 34 heavy (non-hydrogen) atoms. The molecule has 0 unspecified atom stereocenters. The summed E-state index contributed by atoms with van der Waals surface area (Å²) >= 11 is 0. The molecule has 4 aromatic rings. The average Bonchev–Trinajstić information content (AvgIpc) is 3.34. The van der Waals surface area contributed by atoms with Crippen LogP contribution in [-0.2, 0) is 6.54 Å². The Balaban J connectivity index is 1.42. The molecule has 3 amide bonds. The van der Waals surface area contributed by atoms with Gasteiger partial charge in [-0.25, -0.2) is 9.78 Å². The van der Waals surface area contributed by atoms with Crippen LogP contribution in [0.4, 0.5) is 10.5 Å². The minimum Gasteiger partial charge on any atom is -0.436 e. The van der Waals surface area contributed by atoms with Crippen LogP contribution in [0.15, 0.2) is 89.5 Å². The van der Waals surface area contributed by atoms with Gasteiger partial charge in [-0.05, 0) is 43.7 Å². The molecule has 0 saturated heterocycles. The molecule has 1 aromatic heterocycles. The third-order valence-electron chi connectivity index (χ3n) is 5.05. The molecule has 3 aromatic carbocycles. The molecular weight excluding hydrogens is 428 g/mol. The Morgan fingerprint density at radius 3 is 2.35 bits per heavy atom. The van der Waals surface area contributed by atoms with Gasteiger partial charge in [-0.1, -0.05) is 54.6 Å². The highest BCUT2D eigenvalue weighted by atomic mass is 16.4. The first-order chi connectivity index (χ1) is 16.5. The molecule has 7 nitrogen and oxygen atoms in total. The van der Waals surface area contributed by atoms with E-state index in [0.717, 1.165) is 11.1 Å². The van der Waals surface area contributed by atoms with Gasteiger partial charge in [0.25, 0.3) is 5.91 Å². The average molecular weight is 455 g/mol. The van der Waals surface area contributed by atoms with Gasteiger partial charge in [0, 0.05) is 29.4 Å². The topological polar surface area (TPSA) is 96.3 Å². The zero-order valence-corrected chi connectivity index (χ0v) is 19.0. The number of nitrogens with one attached hydrogen (secondary N) is 3. The van der Waals surface area contributed by atoms with Gasteiger partial charge in [-0.3, -0.25) is 4.79 Å². The quantitative estimate of drug-likeness (QED) is 0.345. The van der Waals surface area contributed by atoms with Crippen molar-refractivity contribution < 1.29 is 14.0 Å². The Hall–Kier alpha value is -4.39. The van der Waals surface area contributed by atoms with E-state index < -0.39 is 0 Å². The molecule has 172 valence electrons. The van der Waals surface area contributed by atoms with Crippen molar-refractivity contribution in [3.8, 4) is 22.8 Å². The van der Waals surface area contributed by atoms with E-state index in [9.17, 15) is 9.59 Å². The summed E-state index contributed by atoms with van der Waals surface area (Å²) < 4.78 is 5.95. The summed E-state index contributed by atoms with van der Waals surface area (Å²) in [5, 5.41) is 8.49. The molecule has 0 bridgehead atoms. The molecule has 4 rings (SSSR count). The van der Waals surface area contributed by atoms with Crippen molar-refractivity contribution in [3.05, 3.63) is 96.2 Å². The Morgan fingerprint density at radius 1 is 0.912 bits per heavy atom. The number of hydrogen-bond acceptors (Lipinski definition) is 4. The van der Waals surface area contributed by atoms with E-state index in [2.05, 4.69) is 20.9 Å². The summed E-state index contributed by atoms with van der Waals surface area (Å²) in [4.78, 5) is 29.2. The number of benzene rings is 3. The van der Waals surface area contributed by atoms with Crippen LogP contribution in [0.25, 0.3) is 22.8 Å². The summed E-state index contributed by atoms with van der Waals surface area (Å²) in [5.41, 5.74) is 3.60. The van der Waals surface area contributed by atoms with Crippen molar-refractivity contribution in [2.24, 2.45) is 0 Å². The molecule has 0 atom stereocenters. The van der Waals surface area contributed by atoms with Crippen LogP contribution >= 0.6 is 0 Å². The fourth-order valence-electron chi connectivity index (χ4n) is 3.41. The molecule has 0 aliphatic carbocycles. The maximum Gasteiger partial charge on any atom is 0.319 e. The predicted octanol–water partition coefficient (Wildman–Crippen LogP) is 5.47. The van der Waals surface area contributed by atoms with E-state index in [1.54, 1.807) is 24.4 Å². The monoisotopic (exact) mass is 454 g/mol. The first kappa shape index (κ1) is 22.8. The number of oxazole rings is 1. The number of urea groups is 1. The largest absolute Gasteiger partial charge is 0.436 e. The van der Waals surface area contributed by atoms with Gasteiger partial charge in [-0.2, -0.15) is 0 Å². The van der Waals surface area contributed by atoms with Gasteiger partial charge >= 0.3 is 6.03 Å². The Labute approximate surface area is 198 Å². The van der Waals surface area contributed by atoms with Crippen LogP contribution in [-0.4, -0.2) is 23.0 Å². The maximum absolute atomic E-state index is 13.0. The Bertz CT molecular complexity index is 1260. The standard InChI is InChI=1S/C27H26N4O3/c1-18(2)30-27(33)31-21-14-12-19(13-15-21)16-28-25(32)22-10-6-7-11-23(22)26-29-17-24(34-26)20-8-4-3-5-9-20/h3-15,17-18H,16H2,1-2H3,(H,28,32)(H2,30,31,33). The van der Waals surface area contributed by atoms with Crippen LogP contribution in [0.1, 0.15) is 29.8 Å². The van der Waals surface area contributed by atoms with Crippen LogP contribution in [0, 0.1) is 0 Å². The molecule has 0 spiro atoms. The minimum absolute atomic E-state index is 0.0543. The van der Waals surface area contributed by atoms with E-state index >= 15 is 0 Å². The van der Waals surface area contributed by atoms with Gasteiger partial charge in [0.15, 0.2) is 5.76 Å². The van der Waals surface area contributed by atoms with E-state index in [4.69, 9.17) is 4.42 Å². The third kappa shape index (κ3) is 5.69. The Morgan fingerprint density at radius 2 is 1.62 bits per heavy atom. The van der Waals surface area contributed by atoms with Crippen molar-refractivity contribution in [2.45, 2.75) is 26.4 Å². The minimum atomic E-state index is -0.255. The normalized spacial score (nSPS) is 10.7. The molecule has 7 heteroatoms. The highest BCUT2D eigenvalue weighted by Crippen LogP contribution is 2.28. The second-order valence-corrected chi connectivity index (χ2v) is 8.07. The van der Waals surface area contributed by atoms with Crippen LogP contribution in [0.3, 0.4) is 0 Å². The van der Waals surface area contributed by atoms with E-state index in [-0.39, 0.29) is 18.0 Å². The van der Waals surface area contributed by atoms with Crippen molar-refractivity contribution in [2.75, 3.05) is 5.32 Å². The number of hydrogen-bond donors (Lipinski definition) is 3. The molecule has 0 saturated carbocycles. The summed E-state index contributed by atoms with van der Waals surface area (Å²) in [6.45, 7) is 4.13.